The summed E-state index contributed by atoms with van der Waals surface area (Å²) in [5, 5.41) is 24.6. The number of amides is 1. The van der Waals surface area contributed by atoms with Gasteiger partial charge >= 0.3 is 0 Å². The van der Waals surface area contributed by atoms with Crippen LogP contribution in [0.3, 0.4) is 0 Å². The molecule has 1 fully saturated rings. The Morgan fingerprint density at radius 3 is 2.41 bits per heavy atom. The lowest BCUT2D eigenvalue weighted by atomic mass is 9.95. The van der Waals surface area contributed by atoms with Crippen molar-refractivity contribution in [2.45, 2.75) is 44.6 Å². The Morgan fingerprint density at radius 2 is 1.82 bits per heavy atom. The van der Waals surface area contributed by atoms with Crippen LogP contribution in [0.25, 0.3) is 0 Å². The van der Waals surface area contributed by atoms with E-state index in [1.165, 1.54) is 18.6 Å². The summed E-state index contributed by atoms with van der Waals surface area (Å²) < 4.78 is 0. The maximum absolute atomic E-state index is 12.0. The van der Waals surface area contributed by atoms with E-state index >= 15 is 0 Å². The van der Waals surface area contributed by atoms with E-state index in [4.69, 9.17) is 0 Å². The number of hydrogen-bond donors (Lipinski definition) is 1. The van der Waals surface area contributed by atoms with Gasteiger partial charge in [0.15, 0.2) is 0 Å². The van der Waals surface area contributed by atoms with E-state index in [2.05, 4.69) is 5.32 Å². The van der Waals surface area contributed by atoms with E-state index in [0.29, 0.717) is 0 Å². The molecule has 1 amide bonds. The van der Waals surface area contributed by atoms with Crippen LogP contribution in [0.15, 0.2) is 18.2 Å². The van der Waals surface area contributed by atoms with Gasteiger partial charge in [-0.25, -0.2) is 0 Å². The van der Waals surface area contributed by atoms with Crippen molar-refractivity contribution in [3.63, 3.8) is 0 Å². The molecule has 1 N–H and O–H groups in total. The molecule has 0 aliphatic heterocycles. The zero-order valence-electron chi connectivity index (χ0n) is 12.0. The first-order chi connectivity index (χ1) is 10.5. The molecule has 1 aromatic carbocycles. The van der Waals surface area contributed by atoms with Crippen molar-refractivity contribution in [1.29, 1.82) is 0 Å². The number of nitrogens with one attached hydrogen (secondary N) is 1. The summed E-state index contributed by atoms with van der Waals surface area (Å²) in [6.45, 7) is 0. The zero-order valence-corrected chi connectivity index (χ0v) is 12.0. The first-order valence-corrected chi connectivity index (χ1v) is 7.18. The maximum atomic E-state index is 12.0. The SMILES string of the molecule is O=C(Cc1ccc([N+](=O)[O-])cc1[N+](=O)[O-])NC1CCCCC1. The van der Waals surface area contributed by atoms with E-state index < -0.39 is 15.5 Å². The van der Waals surface area contributed by atoms with Crippen molar-refractivity contribution in [3.05, 3.63) is 44.0 Å². The zero-order chi connectivity index (χ0) is 16.1. The van der Waals surface area contributed by atoms with Gasteiger partial charge in [-0.05, 0) is 18.9 Å². The third-order valence-electron chi connectivity index (χ3n) is 3.80. The highest BCUT2D eigenvalue weighted by atomic mass is 16.6. The molecule has 22 heavy (non-hydrogen) atoms. The minimum Gasteiger partial charge on any atom is -0.353 e. The van der Waals surface area contributed by atoms with Crippen LogP contribution in [-0.4, -0.2) is 21.8 Å². The van der Waals surface area contributed by atoms with Crippen LogP contribution in [0, 0.1) is 20.2 Å². The van der Waals surface area contributed by atoms with Crippen molar-refractivity contribution in [2.24, 2.45) is 0 Å². The second-order valence-electron chi connectivity index (χ2n) is 5.41. The normalized spacial score (nSPS) is 15.3. The Hall–Kier alpha value is -2.51. The summed E-state index contributed by atoms with van der Waals surface area (Å²) in [6.07, 6.45) is 5.01. The fourth-order valence-electron chi connectivity index (χ4n) is 2.68. The fourth-order valence-corrected chi connectivity index (χ4v) is 2.68. The highest BCUT2D eigenvalue weighted by Gasteiger charge is 2.22. The van der Waals surface area contributed by atoms with E-state index in [0.717, 1.165) is 31.7 Å². The number of non-ortho nitro benzene ring substituents is 1. The Bertz CT molecular complexity index is 596. The lowest BCUT2D eigenvalue weighted by molar-refractivity contribution is -0.394. The van der Waals surface area contributed by atoms with E-state index in [9.17, 15) is 25.0 Å². The van der Waals surface area contributed by atoms with Gasteiger partial charge in [0.25, 0.3) is 11.4 Å². The predicted molar refractivity (Wildman–Crippen MR) is 78.5 cm³/mol. The van der Waals surface area contributed by atoms with Crippen molar-refractivity contribution in [3.8, 4) is 0 Å². The topological polar surface area (TPSA) is 115 Å². The van der Waals surface area contributed by atoms with Crippen molar-refractivity contribution < 1.29 is 14.6 Å². The molecule has 118 valence electrons. The third-order valence-corrected chi connectivity index (χ3v) is 3.80. The van der Waals surface area contributed by atoms with Crippen LogP contribution in [-0.2, 0) is 11.2 Å². The first kappa shape index (κ1) is 15.9. The lowest BCUT2D eigenvalue weighted by Crippen LogP contribution is -2.37. The number of carbonyl (C=O) groups excluding carboxylic acids is 1. The average Bonchev–Trinajstić information content (AvgIpc) is 2.48. The Labute approximate surface area is 126 Å². The Kier molecular flexibility index (Phi) is 5.03. The second-order valence-corrected chi connectivity index (χ2v) is 5.41. The van der Waals surface area contributed by atoms with E-state index in [-0.39, 0.29) is 29.6 Å². The summed E-state index contributed by atoms with van der Waals surface area (Å²) in [5.74, 6) is -0.288. The van der Waals surface area contributed by atoms with Gasteiger partial charge in [-0.3, -0.25) is 25.0 Å². The van der Waals surface area contributed by atoms with Crippen LogP contribution in [0.1, 0.15) is 37.7 Å². The molecule has 0 bridgehead atoms. The minimum absolute atomic E-state index is 0.123. The molecule has 2 rings (SSSR count). The minimum atomic E-state index is -0.698. The molecule has 1 aliphatic carbocycles. The van der Waals surface area contributed by atoms with Gasteiger partial charge in [-0.1, -0.05) is 19.3 Å². The van der Waals surface area contributed by atoms with Crippen LogP contribution < -0.4 is 5.32 Å². The van der Waals surface area contributed by atoms with Gasteiger partial charge in [0.05, 0.1) is 22.3 Å². The largest absolute Gasteiger partial charge is 0.353 e. The van der Waals surface area contributed by atoms with Gasteiger partial charge in [0, 0.05) is 17.7 Å². The molecular formula is C14H17N3O5. The molecule has 0 spiro atoms. The predicted octanol–water partition coefficient (Wildman–Crippen LogP) is 2.49. The quantitative estimate of drug-likeness (QED) is 0.662. The van der Waals surface area contributed by atoms with Gasteiger partial charge in [-0.2, -0.15) is 0 Å². The summed E-state index contributed by atoms with van der Waals surface area (Å²) in [7, 11) is 0. The number of nitro groups is 2. The third kappa shape index (κ3) is 4.00. The van der Waals surface area contributed by atoms with Crippen LogP contribution in [0.2, 0.25) is 0 Å². The summed E-state index contributed by atoms with van der Waals surface area (Å²) in [6, 6.07) is 3.47. The molecule has 0 aromatic heterocycles. The fraction of sp³-hybridized carbons (Fsp3) is 0.500. The van der Waals surface area contributed by atoms with Gasteiger partial charge in [0.1, 0.15) is 0 Å². The highest BCUT2D eigenvalue weighted by molar-refractivity contribution is 5.80. The molecule has 0 heterocycles. The number of benzene rings is 1. The molecule has 0 radical (unpaired) electrons. The monoisotopic (exact) mass is 307 g/mol. The molecule has 0 atom stereocenters. The molecule has 0 unspecified atom stereocenters. The number of nitrogens with zero attached hydrogens (tertiary/aromatic N) is 2. The number of hydrogen-bond acceptors (Lipinski definition) is 5. The number of carbonyl (C=O) groups is 1. The molecule has 1 aliphatic rings. The smallest absolute Gasteiger partial charge is 0.279 e. The lowest BCUT2D eigenvalue weighted by Gasteiger charge is -2.22. The molecule has 0 saturated heterocycles. The number of nitro benzene ring substituents is 2. The number of rotatable bonds is 5. The van der Waals surface area contributed by atoms with Crippen molar-refractivity contribution in [1.82, 2.24) is 5.32 Å². The van der Waals surface area contributed by atoms with Gasteiger partial charge in [-0.15, -0.1) is 0 Å². The summed E-state index contributed by atoms with van der Waals surface area (Å²) in [5.41, 5.74) is -0.569. The van der Waals surface area contributed by atoms with E-state index in [1.54, 1.807) is 0 Å². The van der Waals surface area contributed by atoms with Crippen LogP contribution >= 0.6 is 0 Å². The highest BCUT2D eigenvalue weighted by Crippen LogP contribution is 2.25. The van der Waals surface area contributed by atoms with Crippen molar-refractivity contribution >= 4 is 17.3 Å². The Balaban J connectivity index is 2.09. The second kappa shape index (κ2) is 6.97. The summed E-state index contributed by atoms with van der Waals surface area (Å²) in [4.78, 5) is 32.3. The average molecular weight is 307 g/mol. The van der Waals surface area contributed by atoms with Crippen molar-refractivity contribution in [2.75, 3.05) is 0 Å². The molecule has 8 nitrogen and oxygen atoms in total. The van der Waals surface area contributed by atoms with E-state index in [1.807, 2.05) is 0 Å². The van der Waals surface area contributed by atoms with Gasteiger partial charge in [0.2, 0.25) is 5.91 Å². The van der Waals surface area contributed by atoms with Crippen LogP contribution in [0.5, 0.6) is 0 Å². The molecular weight excluding hydrogens is 290 g/mol. The molecule has 1 aromatic rings. The molecule has 1 saturated carbocycles. The van der Waals surface area contributed by atoms with Gasteiger partial charge < -0.3 is 5.32 Å². The standard InChI is InChI=1S/C14H17N3O5/c18-14(15-11-4-2-1-3-5-11)8-10-6-7-12(16(19)20)9-13(10)17(21)22/h6-7,9,11H,1-5,8H2,(H,15,18). The Morgan fingerprint density at radius 1 is 1.14 bits per heavy atom. The maximum Gasteiger partial charge on any atom is 0.279 e. The first-order valence-electron chi connectivity index (χ1n) is 7.18. The van der Waals surface area contributed by atoms with Crippen LogP contribution in [0.4, 0.5) is 11.4 Å². The molecule has 8 heteroatoms. The summed E-state index contributed by atoms with van der Waals surface area (Å²) >= 11 is 0.